The zero-order chi connectivity index (χ0) is 22.9. The summed E-state index contributed by atoms with van der Waals surface area (Å²) in [6.07, 6.45) is 3.40. The van der Waals surface area contributed by atoms with Gasteiger partial charge < -0.3 is 9.64 Å². The van der Waals surface area contributed by atoms with E-state index in [9.17, 15) is 14.4 Å². The third-order valence-corrected chi connectivity index (χ3v) is 7.79. The second-order valence-corrected chi connectivity index (χ2v) is 9.10. The number of carbonyl (C=O) groups excluding carboxylic acids is 3. The van der Waals surface area contributed by atoms with Gasteiger partial charge in [-0.3, -0.25) is 19.3 Å². The summed E-state index contributed by atoms with van der Waals surface area (Å²) in [5.41, 5.74) is 0.992. The van der Waals surface area contributed by atoms with Crippen molar-refractivity contribution in [3.05, 3.63) is 66.7 Å². The second kappa shape index (κ2) is 7.02. The Morgan fingerprint density at radius 3 is 2.58 bits per heavy atom. The fourth-order valence-electron chi connectivity index (χ4n) is 6.64. The van der Waals surface area contributed by atoms with Gasteiger partial charge >= 0.3 is 0 Å². The van der Waals surface area contributed by atoms with Crippen LogP contribution in [0.4, 0.5) is 11.4 Å². The highest BCUT2D eigenvalue weighted by Gasteiger charge is 2.75. The number of hydrogen-bond donors (Lipinski definition) is 0. The lowest BCUT2D eigenvalue weighted by atomic mass is 9.75. The molecule has 7 heteroatoms. The number of benzene rings is 2. The Kier molecular flexibility index (Phi) is 4.29. The van der Waals surface area contributed by atoms with Crippen molar-refractivity contribution in [2.24, 2.45) is 11.8 Å². The number of amides is 3. The zero-order valence-electron chi connectivity index (χ0n) is 18.4. The van der Waals surface area contributed by atoms with Crippen LogP contribution in [0.15, 0.2) is 61.2 Å². The van der Waals surface area contributed by atoms with Crippen molar-refractivity contribution < 1.29 is 19.1 Å². The first-order valence-electron chi connectivity index (χ1n) is 11.4. The van der Waals surface area contributed by atoms with Crippen LogP contribution < -0.4 is 14.5 Å². The summed E-state index contributed by atoms with van der Waals surface area (Å²) in [7, 11) is 1.57. The standard InChI is InChI=1S/C26H25N3O4/c1-3-14-27-19-8-5-4-7-18(19)26(25(27)32)22-21(20-9-6-15-28(20)26)23(30)29(24(22)31)16-10-12-17(33-2)13-11-16/h3-5,7-8,10-13,20-22H,1,6,9,14-15H2,2H3/t20-,21+,22-,26-/m0/s1. The molecule has 4 atom stereocenters. The Morgan fingerprint density at radius 2 is 1.85 bits per heavy atom. The molecule has 4 aliphatic rings. The van der Waals surface area contributed by atoms with Crippen LogP contribution in [0.25, 0.3) is 0 Å². The molecule has 2 aromatic rings. The number of imide groups is 1. The van der Waals surface area contributed by atoms with Crippen molar-refractivity contribution >= 4 is 29.1 Å². The van der Waals surface area contributed by atoms with Crippen molar-refractivity contribution in [3.8, 4) is 5.75 Å². The lowest BCUT2D eigenvalue weighted by Crippen LogP contribution is -2.56. The monoisotopic (exact) mass is 443 g/mol. The summed E-state index contributed by atoms with van der Waals surface area (Å²) in [5.74, 6) is -1.27. The number of methoxy groups -OCH3 is 1. The van der Waals surface area contributed by atoms with Crippen LogP contribution in [-0.2, 0) is 19.9 Å². The molecule has 0 N–H and O–H groups in total. The third-order valence-electron chi connectivity index (χ3n) is 7.79. The van der Waals surface area contributed by atoms with E-state index in [0.29, 0.717) is 24.5 Å². The first-order chi connectivity index (χ1) is 16.1. The molecule has 168 valence electrons. The van der Waals surface area contributed by atoms with E-state index < -0.39 is 17.4 Å². The number of carbonyl (C=O) groups is 3. The van der Waals surface area contributed by atoms with E-state index in [1.165, 1.54) is 4.90 Å². The number of fused-ring (bicyclic) bond motifs is 7. The van der Waals surface area contributed by atoms with Crippen LogP contribution >= 0.6 is 0 Å². The SMILES string of the molecule is C=CCN1C(=O)[C@]2(c3ccccc31)[C@@H]1C(=O)N(c3ccc(OC)cc3)C(=O)[C@@H]1[C@@H]1CCCN12. The summed E-state index contributed by atoms with van der Waals surface area (Å²) < 4.78 is 5.23. The molecule has 33 heavy (non-hydrogen) atoms. The minimum Gasteiger partial charge on any atom is -0.497 e. The molecule has 4 aliphatic heterocycles. The van der Waals surface area contributed by atoms with E-state index in [0.717, 1.165) is 24.1 Å². The average molecular weight is 444 g/mol. The average Bonchev–Trinajstić information content (AvgIpc) is 3.53. The maximum atomic E-state index is 14.2. The number of para-hydroxylation sites is 1. The molecule has 3 amide bonds. The summed E-state index contributed by atoms with van der Waals surface area (Å²) in [6.45, 7) is 4.88. The molecule has 0 aliphatic carbocycles. The zero-order valence-corrected chi connectivity index (χ0v) is 18.4. The van der Waals surface area contributed by atoms with Crippen molar-refractivity contribution in [1.29, 1.82) is 0 Å². The highest BCUT2D eigenvalue weighted by molar-refractivity contribution is 6.26. The van der Waals surface area contributed by atoms with Crippen LogP contribution in [0.3, 0.4) is 0 Å². The lowest BCUT2D eigenvalue weighted by molar-refractivity contribution is -0.137. The van der Waals surface area contributed by atoms with Gasteiger partial charge in [0.05, 0.1) is 24.6 Å². The molecule has 3 fully saturated rings. The maximum Gasteiger partial charge on any atom is 0.253 e. The van der Waals surface area contributed by atoms with Crippen molar-refractivity contribution in [2.45, 2.75) is 24.4 Å². The van der Waals surface area contributed by atoms with Crippen molar-refractivity contribution in [3.63, 3.8) is 0 Å². The van der Waals surface area contributed by atoms with Gasteiger partial charge in [-0.15, -0.1) is 6.58 Å². The van der Waals surface area contributed by atoms with Gasteiger partial charge in [0.15, 0.2) is 0 Å². The van der Waals surface area contributed by atoms with E-state index in [1.54, 1.807) is 42.4 Å². The van der Waals surface area contributed by atoms with Gasteiger partial charge in [-0.05, 0) is 49.7 Å². The highest BCUT2D eigenvalue weighted by atomic mass is 16.5. The van der Waals surface area contributed by atoms with Gasteiger partial charge in [0.1, 0.15) is 11.3 Å². The van der Waals surface area contributed by atoms with Crippen LogP contribution in [0.2, 0.25) is 0 Å². The lowest BCUT2D eigenvalue weighted by Gasteiger charge is -2.37. The van der Waals surface area contributed by atoms with Crippen molar-refractivity contribution in [2.75, 3.05) is 30.0 Å². The first-order valence-corrected chi connectivity index (χ1v) is 11.4. The highest BCUT2D eigenvalue weighted by Crippen LogP contribution is 2.61. The predicted molar refractivity (Wildman–Crippen MR) is 123 cm³/mol. The molecule has 1 spiro atoms. The van der Waals surface area contributed by atoms with Crippen LogP contribution in [0.1, 0.15) is 18.4 Å². The van der Waals surface area contributed by atoms with Gasteiger partial charge in [0.2, 0.25) is 11.8 Å². The molecule has 0 saturated carbocycles. The number of ether oxygens (including phenoxy) is 1. The molecule has 0 bridgehead atoms. The summed E-state index contributed by atoms with van der Waals surface area (Å²) in [5, 5.41) is 0. The van der Waals surface area contributed by atoms with E-state index >= 15 is 0 Å². The van der Waals surface area contributed by atoms with Gasteiger partial charge in [-0.1, -0.05) is 24.3 Å². The molecule has 0 aromatic heterocycles. The minimum absolute atomic E-state index is 0.124. The van der Waals surface area contributed by atoms with Crippen LogP contribution in [0.5, 0.6) is 5.75 Å². The summed E-state index contributed by atoms with van der Waals surface area (Å²) in [4.78, 5) is 47.1. The van der Waals surface area contributed by atoms with E-state index in [4.69, 9.17) is 4.74 Å². The fourth-order valence-corrected chi connectivity index (χ4v) is 6.64. The van der Waals surface area contributed by atoms with Gasteiger partial charge in [0, 0.05) is 23.8 Å². The fraction of sp³-hybridized carbons (Fsp3) is 0.346. The number of anilines is 2. The molecule has 6 rings (SSSR count). The quantitative estimate of drug-likeness (QED) is 0.537. The van der Waals surface area contributed by atoms with Crippen LogP contribution in [0, 0.1) is 11.8 Å². The smallest absolute Gasteiger partial charge is 0.253 e. The number of rotatable bonds is 4. The topological polar surface area (TPSA) is 70.2 Å². The largest absolute Gasteiger partial charge is 0.497 e. The molecule has 3 saturated heterocycles. The Morgan fingerprint density at radius 1 is 1.09 bits per heavy atom. The summed E-state index contributed by atoms with van der Waals surface area (Å²) in [6, 6.07) is 14.5. The Labute approximate surface area is 192 Å². The molecule has 4 heterocycles. The molecular weight excluding hydrogens is 418 g/mol. The Balaban J connectivity index is 1.53. The minimum atomic E-state index is -1.15. The third kappa shape index (κ3) is 2.35. The Bertz CT molecular complexity index is 1190. The maximum absolute atomic E-state index is 14.2. The molecule has 0 unspecified atom stereocenters. The van der Waals surface area contributed by atoms with Crippen LogP contribution in [-0.4, -0.2) is 48.9 Å². The number of hydrogen-bond acceptors (Lipinski definition) is 5. The van der Waals surface area contributed by atoms with Gasteiger partial charge in [-0.2, -0.15) is 0 Å². The van der Waals surface area contributed by atoms with E-state index in [2.05, 4.69) is 11.5 Å². The molecule has 0 radical (unpaired) electrons. The normalized spacial score (nSPS) is 30.2. The second-order valence-electron chi connectivity index (χ2n) is 9.10. The van der Waals surface area contributed by atoms with Gasteiger partial charge in [0.25, 0.3) is 5.91 Å². The molecule has 2 aromatic carbocycles. The van der Waals surface area contributed by atoms with Crippen molar-refractivity contribution in [1.82, 2.24) is 4.90 Å². The Hall–Kier alpha value is -3.45. The van der Waals surface area contributed by atoms with E-state index in [-0.39, 0.29) is 23.8 Å². The summed E-state index contributed by atoms with van der Waals surface area (Å²) >= 11 is 0. The number of nitrogens with zero attached hydrogens (tertiary/aromatic N) is 3. The van der Waals surface area contributed by atoms with E-state index in [1.807, 2.05) is 24.3 Å². The van der Waals surface area contributed by atoms with Gasteiger partial charge in [-0.25, -0.2) is 4.90 Å². The predicted octanol–water partition coefficient (Wildman–Crippen LogP) is 2.71. The first kappa shape index (κ1) is 20.2. The molecular formula is C26H25N3O4. The molecule has 7 nitrogen and oxygen atoms in total.